The monoisotopic (exact) mass is 667 g/mol. The average molecular weight is 669 g/mol. The van der Waals surface area contributed by atoms with E-state index in [1.54, 1.807) is 31.2 Å². The van der Waals surface area contributed by atoms with Crippen molar-refractivity contribution in [2.75, 3.05) is 31.5 Å². The van der Waals surface area contributed by atoms with E-state index in [0.717, 1.165) is 12.5 Å². The number of aromatic nitrogens is 4. The molecule has 0 radical (unpaired) electrons. The molecule has 15 nitrogen and oxygen atoms in total. The molecule has 230 valence electrons. The lowest BCUT2D eigenvalue weighted by Crippen LogP contribution is -2.53. The number of ether oxygens (including phenoxy) is 3. The predicted molar refractivity (Wildman–Crippen MR) is 149 cm³/mol. The van der Waals surface area contributed by atoms with Crippen molar-refractivity contribution in [2.24, 2.45) is 0 Å². The number of carbonyl (C=O) groups excluding carboxylic acids is 1. The van der Waals surface area contributed by atoms with Gasteiger partial charge in [0.1, 0.15) is 24.8 Å². The molecule has 1 aromatic carbocycles. The van der Waals surface area contributed by atoms with Gasteiger partial charge in [0, 0.05) is 11.4 Å². The third-order valence-electron chi connectivity index (χ3n) is 6.06. The van der Waals surface area contributed by atoms with Crippen LogP contribution in [0.25, 0.3) is 11.2 Å². The van der Waals surface area contributed by atoms with Gasteiger partial charge in [-0.2, -0.15) is 26.8 Å². The number of nitrogen functional groups attached to an aromatic ring is 1. The van der Waals surface area contributed by atoms with E-state index < -0.39 is 63.5 Å². The Morgan fingerprint density at radius 1 is 1.07 bits per heavy atom. The summed E-state index contributed by atoms with van der Waals surface area (Å²) in [6.45, 7) is -0.130. The van der Waals surface area contributed by atoms with Crippen LogP contribution in [0.2, 0.25) is 10.2 Å². The number of esters is 1. The lowest BCUT2D eigenvalue weighted by atomic mass is 9.96. The molecule has 0 bridgehead atoms. The van der Waals surface area contributed by atoms with Crippen LogP contribution in [0, 0.1) is 0 Å². The Morgan fingerprint density at radius 3 is 2.26 bits per heavy atom. The smallest absolute Gasteiger partial charge is 0.306 e. The van der Waals surface area contributed by atoms with E-state index in [0.29, 0.717) is 10.6 Å². The Bertz CT molecular complexity index is 1630. The van der Waals surface area contributed by atoms with Crippen LogP contribution < -0.4 is 5.73 Å². The Labute approximate surface area is 251 Å². The summed E-state index contributed by atoms with van der Waals surface area (Å²) in [4.78, 5) is 24.9. The normalized spacial score (nSPS) is 20.6. The Balaban J connectivity index is 1.87. The summed E-state index contributed by atoms with van der Waals surface area (Å²) in [5.41, 5.74) is 4.66. The number of hydrogen-bond donors (Lipinski definition) is 1. The number of hydrogen-bond acceptors (Lipinski definition) is 14. The minimum atomic E-state index is -4.10. The number of imidazole rings is 1. The highest BCUT2D eigenvalue weighted by Crippen LogP contribution is 2.43. The summed E-state index contributed by atoms with van der Waals surface area (Å²) in [5, 5.41) is 0.404. The zero-order valence-electron chi connectivity index (χ0n) is 22.5. The third-order valence-corrected chi connectivity index (χ3v) is 7.66. The first-order valence-corrected chi connectivity index (χ1v) is 16.6. The number of fused-ring (bicyclic) bond motifs is 1. The molecule has 1 aliphatic rings. The first-order valence-electron chi connectivity index (χ1n) is 12.2. The number of anilines is 1. The fourth-order valence-corrected chi connectivity index (χ4v) is 5.35. The molecule has 0 amide bonds. The number of carbonyl (C=O) groups is 1. The molecule has 0 spiro atoms. The highest BCUT2D eigenvalue weighted by atomic mass is 35.5. The fraction of sp³-hybridized carbons (Fsp3) is 0.478. The van der Waals surface area contributed by atoms with E-state index in [-0.39, 0.29) is 35.3 Å². The molecule has 19 heteroatoms. The summed E-state index contributed by atoms with van der Waals surface area (Å²) < 4.78 is 78.1. The molecule has 3 aromatic rings. The Morgan fingerprint density at radius 2 is 1.69 bits per heavy atom. The maximum atomic E-state index is 12.7. The van der Waals surface area contributed by atoms with Gasteiger partial charge < -0.3 is 19.9 Å². The molecular weight excluding hydrogens is 641 g/mol. The Kier molecular flexibility index (Phi) is 9.63. The van der Waals surface area contributed by atoms with E-state index in [1.807, 2.05) is 0 Å². The quantitative estimate of drug-likeness (QED) is 0.166. The van der Waals surface area contributed by atoms with Crippen molar-refractivity contribution in [1.29, 1.82) is 0 Å². The van der Waals surface area contributed by atoms with E-state index >= 15 is 0 Å². The first kappa shape index (κ1) is 32.3. The molecule has 4 rings (SSSR count). The molecule has 0 unspecified atom stereocenters. The van der Waals surface area contributed by atoms with Gasteiger partial charge in [-0.1, -0.05) is 42.3 Å². The van der Waals surface area contributed by atoms with Gasteiger partial charge >= 0.3 is 5.97 Å². The molecule has 2 N–H and O–H groups in total. The second kappa shape index (κ2) is 12.5. The van der Waals surface area contributed by atoms with Crippen LogP contribution in [-0.4, -0.2) is 85.9 Å². The van der Waals surface area contributed by atoms with Gasteiger partial charge in [0.2, 0.25) is 5.95 Å². The summed E-state index contributed by atoms with van der Waals surface area (Å²) in [6.07, 6.45) is -1.24. The average Bonchev–Trinajstić information content (AvgIpc) is 3.44. The standard InChI is InChI=1S/C23H27Cl2N5O10S2/c1-4-15(31)39-17-18(36-9-13-5-7-14(24)8-6-13)23(10-37-41(2,32)33,11-38-42(3,34)35)40-21(17)30-12-27-16-19(25)28-22(26)29-20(16)30/h5-8,12,17-18,21H,4,9-11H2,1-3H3,(H2,26,28,29)/t17-,18+,21-/m1/s1. The van der Waals surface area contributed by atoms with Gasteiger partial charge in [0.15, 0.2) is 28.7 Å². The van der Waals surface area contributed by atoms with Crippen molar-refractivity contribution in [3.05, 3.63) is 46.3 Å². The van der Waals surface area contributed by atoms with Crippen molar-refractivity contribution in [3.8, 4) is 0 Å². The molecule has 0 saturated carbocycles. The number of rotatable bonds is 12. The van der Waals surface area contributed by atoms with Crippen molar-refractivity contribution < 1.29 is 44.2 Å². The lowest BCUT2D eigenvalue weighted by molar-refractivity contribution is -0.161. The van der Waals surface area contributed by atoms with E-state index in [2.05, 4.69) is 15.0 Å². The number of halogens is 2. The van der Waals surface area contributed by atoms with Gasteiger partial charge in [0.25, 0.3) is 20.2 Å². The van der Waals surface area contributed by atoms with Crippen molar-refractivity contribution >= 4 is 66.5 Å². The molecule has 0 aliphatic carbocycles. The second-order valence-corrected chi connectivity index (χ2v) is 13.5. The van der Waals surface area contributed by atoms with Crippen molar-refractivity contribution in [1.82, 2.24) is 19.5 Å². The van der Waals surface area contributed by atoms with Gasteiger partial charge in [-0.05, 0) is 17.7 Å². The number of benzene rings is 1. The Hall–Kier alpha value is -2.64. The molecule has 1 aliphatic heterocycles. The fourth-order valence-electron chi connectivity index (χ4n) is 4.18. The summed E-state index contributed by atoms with van der Waals surface area (Å²) in [6, 6.07) is 6.60. The molecule has 3 atom stereocenters. The van der Waals surface area contributed by atoms with Crippen LogP contribution in [0.5, 0.6) is 0 Å². The van der Waals surface area contributed by atoms with E-state index in [9.17, 15) is 21.6 Å². The highest BCUT2D eigenvalue weighted by Gasteiger charge is 2.60. The predicted octanol–water partition coefficient (Wildman–Crippen LogP) is 1.84. The molecule has 42 heavy (non-hydrogen) atoms. The van der Waals surface area contributed by atoms with Crippen LogP contribution in [0.3, 0.4) is 0 Å². The van der Waals surface area contributed by atoms with Crippen LogP contribution >= 0.6 is 23.2 Å². The first-order chi connectivity index (χ1) is 19.6. The maximum absolute atomic E-state index is 12.7. The minimum Gasteiger partial charge on any atom is -0.455 e. The van der Waals surface area contributed by atoms with Crippen molar-refractivity contribution in [3.63, 3.8) is 0 Å². The summed E-state index contributed by atoms with van der Waals surface area (Å²) in [7, 11) is -8.20. The third kappa shape index (κ3) is 7.65. The van der Waals surface area contributed by atoms with Crippen LogP contribution in [0.15, 0.2) is 30.6 Å². The van der Waals surface area contributed by atoms with Crippen molar-refractivity contribution in [2.45, 2.75) is 44.0 Å². The molecule has 2 aromatic heterocycles. The molecule has 3 heterocycles. The lowest BCUT2D eigenvalue weighted by Gasteiger charge is -2.33. The topological polar surface area (TPSA) is 201 Å². The highest BCUT2D eigenvalue weighted by molar-refractivity contribution is 7.86. The largest absolute Gasteiger partial charge is 0.455 e. The van der Waals surface area contributed by atoms with Gasteiger partial charge in [-0.15, -0.1) is 0 Å². The van der Waals surface area contributed by atoms with Gasteiger partial charge in [-0.3, -0.25) is 17.7 Å². The van der Waals surface area contributed by atoms with Crippen LogP contribution in [0.4, 0.5) is 5.95 Å². The van der Waals surface area contributed by atoms with Gasteiger partial charge in [0.05, 0.1) is 25.4 Å². The summed E-state index contributed by atoms with van der Waals surface area (Å²) in [5.74, 6) is -0.869. The van der Waals surface area contributed by atoms with Crippen LogP contribution in [0.1, 0.15) is 25.1 Å². The maximum Gasteiger partial charge on any atom is 0.306 e. The summed E-state index contributed by atoms with van der Waals surface area (Å²) >= 11 is 12.2. The number of nitrogens with zero attached hydrogens (tertiary/aromatic N) is 4. The zero-order chi connectivity index (χ0) is 30.9. The molecular formula is C23H27Cl2N5O10S2. The van der Waals surface area contributed by atoms with E-state index in [1.165, 1.54) is 10.9 Å². The van der Waals surface area contributed by atoms with E-state index in [4.69, 9.17) is 51.5 Å². The van der Waals surface area contributed by atoms with Gasteiger partial charge in [-0.25, -0.2) is 4.98 Å². The molecule has 1 saturated heterocycles. The minimum absolute atomic E-state index is 0.0502. The second-order valence-electron chi connectivity index (χ2n) is 9.37. The SMILES string of the molecule is CCC(=O)O[C@H]1[C@H](n2cnc3c(Cl)nc(N)nc32)OC(COS(C)(=O)=O)(COS(C)(=O)=O)[C@H]1OCc1ccc(Cl)cc1. The zero-order valence-corrected chi connectivity index (χ0v) is 25.6. The molecule has 1 fully saturated rings. The van der Waals surface area contributed by atoms with Crippen LogP contribution in [-0.2, 0) is 54.2 Å². The number of nitrogens with two attached hydrogens (primary N) is 1.